The van der Waals surface area contributed by atoms with E-state index in [9.17, 15) is 4.79 Å². The van der Waals surface area contributed by atoms with Crippen molar-refractivity contribution < 1.29 is 4.79 Å². The van der Waals surface area contributed by atoms with Crippen molar-refractivity contribution in [2.45, 2.75) is 40.2 Å². The van der Waals surface area contributed by atoms with Crippen LogP contribution in [0.25, 0.3) is 10.2 Å². The van der Waals surface area contributed by atoms with Crippen LogP contribution in [0.2, 0.25) is 0 Å². The molecule has 1 aliphatic heterocycles. The fraction of sp³-hybridized carbons (Fsp3) is 0.391. The summed E-state index contributed by atoms with van der Waals surface area (Å²) in [5, 5.41) is 4.16. The lowest BCUT2D eigenvalue weighted by atomic mass is 9.97. The largest absolute Gasteiger partial charge is 0.352 e. The number of carbonyl (C=O) groups excluding carboxylic acids is 1. The lowest BCUT2D eigenvalue weighted by Gasteiger charge is -2.31. The van der Waals surface area contributed by atoms with Crippen molar-refractivity contribution in [2.75, 3.05) is 18.0 Å². The molecule has 0 unspecified atom stereocenters. The zero-order valence-electron chi connectivity index (χ0n) is 16.8. The second-order valence-electron chi connectivity index (χ2n) is 7.91. The van der Waals surface area contributed by atoms with Gasteiger partial charge in [-0.15, -0.1) is 0 Å². The third-order valence-corrected chi connectivity index (χ3v) is 6.53. The Morgan fingerprint density at radius 1 is 1.18 bits per heavy atom. The van der Waals surface area contributed by atoms with E-state index in [2.05, 4.69) is 67.4 Å². The molecule has 28 heavy (non-hydrogen) atoms. The van der Waals surface area contributed by atoms with Gasteiger partial charge in [0.1, 0.15) is 0 Å². The Bertz CT molecular complexity index is 993. The van der Waals surface area contributed by atoms with Crippen molar-refractivity contribution in [3.8, 4) is 0 Å². The first-order valence-corrected chi connectivity index (χ1v) is 10.8. The maximum Gasteiger partial charge on any atom is 0.225 e. The number of benzene rings is 2. The number of aromatic nitrogens is 1. The minimum absolute atomic E-state index is 0.0223. The third kappa shape index (κ3) is 4.04. The summed E-state index contributed by atoms with van der Waals surface area (Å²) in [5.41, 5.74) is 5.97. The molecule has 3 aromatic rings. The van der Waals surface area contributed by atoms with Crippen LogP contribution in [0.4, 0.5) is 5.13 Å². The fourth-order valence-electron chi connectivity index (χ4n) is 3.90. The zero-order chi connectivity index (χ0) is 19.7. The van der Waals surface area contributed by atoms with Crippen molar-refractivity contribution in [3.63, 3.8) is 0 Å². The van der Waals surface area contributed by atoms with Gasteiger partial charge in [-0.1, -0.05) is 47.2 Å². The molecule has 2 aromatic carbocycles. The lowest BCUT2D eigenvalue weighted by molar-refractivity contribution is -0.125. The summed E-state index contributed by atoms with van der Waals surface area (Å²) in [4.78, 5) is 19.9. The molecule has 1 amide bonds. The van der Waals surface area contributed by atoms with E-state index in [0.29, 0.717) is 6.54 Å². The number of hydrogen-bond acceptors (Lipinski definition) is 4. The number of aryl methyl sites for hydroxylation is 3. The number of nitrogens with one attached hydrogen (secondary N) is 1. The molecule has 4 rings (SSSR count). The average molecular weight is 394 g/mol. The van der Waals surface area contributed by atoms with Crippen LogP contribution in [0, 0.1) is 26.7 Å². The van der Waals surface area contributed by atoms with Crippen molar-refractivity contribution >= 4 is 32.6 Å². The standard InChI is InChI=1S/C23H27N3OS/c1-15-6-8-18(9-7-15)13-24-22(27)19-5-4-10-26(14-19)23-25-21-17(3)11-16(2)12-20(21)28-23/h6-9,11-12,19H,4-5,10,13-14H2,1-3H3,(H,24,27)/t19-/m0/s1. The zero-order valence-corrected chi connectivity index (χ0v) is 17.6. The van der Waals surface area contributed by atoms with Crippen molar-refractivity contribution in [3.05, 3.63) is 58.7 Å². The highest BCUT2D eigenvalue weighted by Crippen LogP contribution is 2.33. The van der Waals surface area contributed by atoms with Crippen LogP contribution in [0.1, 0.15) is 35.1 Å². The molecule has 5 heteroatoms. The second-order valence-corrected chi connectivity index (χ2v) is 8.92. The normalized spacial score (nSPS) is 17.1. The Kier molecular flexibility index (Phi) is 5.36. The van der Waals surface area contributed by atoms with Gasteiger partial charge in [0.15, 0.2) is 5.13 Å². The summed E-state index contributed by atoms with van der Waals surface area (Å²) in [6.45, 7) is 8.63. The second kappa shape index (κ2) is 7.92. The molecule has 0 radical (unpaired) electrons. The Morgan fingerprint density at radius 3 is 2.75 bits per heavy atom. The first-order chi connectivity index (χ1) is 13.5. The van der Waals surface area contributed by atoms with E-state index in [1.165, 1.54) is 21.4 Å². The molecule has 0 spiro atoms. The SMILES string of the molecule is Cc1ccc(CNC(=O)[C@H]2CCCN(c3nc4c(C)cc(C)cc4s3)C2)cc1. The number of amides is 1. The number of hydrogen-bond donors (Lipinski definition) is 1. The summed E-state index contributed by atoms with van der Waals surface area (Å²) in [7, 11) is 0. The maximum absolute atomic E-state index is 12.7. The van der Waals surface area contributed by atoms with Gasteiger partial charge in [0.2, 0.25) is 5.91 Å². The molecule has 146 valence electrons. The van der Waals surface area contributed by atoms with Crippen LogP contribution in [0.5, 0.6) is 0 Å². The molecule has 1 N–H and O–H groups in total. The smallest absolute Gasteiger partial charge is 0.225 e. The van der Waals surface area contributed by atoms with Crippen LogP contribution in [-0.2, 0) is 11.3 Å². The first kappa shape index (κ1) is 18.9. The fourth-order valence-corrected chi connectivity index (χ4v) is 5.08. The van der Waals surface area contributed by atoms with Gasteiger partial charge in [0, 0.05) is 19.6 Å². The number of thiazole rings is 1. The quantitative estimate of drug-likeness (QED) is 0.695. The van der Waals surface area contributed by atoms with Crippen molar-refractivity contribution in [1.82, 2.24) is 10.3 Å². The monoisotopic (exact) mass is 393 g/mol. The number of rotatable bonds is 4. The number of anilines is 1. The Balaban J connectivity index is 1.43. The molecule has 1 aliphatic rings. The van der Waals surface area contributed by atoms with E-state index in [4.69, 9.17) is 4.98 Å². The van der Waals surface area contributed by atoms with E-state index in [1.807, 2.05) is 0 Å². The van der Waals surface area contributed by atoms with Gasteiger partial charge in [0.05, 0.1) is 16.1 Å². The maximum atomic E-state index is 12.7. The number of nitrogens with zero attached hydrogens (tertiary/aromatic N) is 2. The number of fused-ring (bicyclic) bond motifs is 1. The van der Waals surface area contributed by atoms with Gasteiger partial charge in [-0.25, -0.2) is 4.98 Å². The highest BCUT2D eigenvalue weighted by atomic mass is 32.1. The van der Waals surface area contributed by atoms with Gasteiger partial charge < -0.3 is 10.2 Å². The Morgan fingerprint density at radius 2 is 1.96 bits per heavy atom. The minimum atomic E-state index is 0.0223. The summed E-state index contributed by atoms with van der Waals surface area (Å²) in [5.74, 6) is 0.174. The van der Waals surface area contributed by atoms with Crippen LogP contribution in [0.3, 0.4) is 0 Å². The molecule has 4 nitrogen and oxygen atoms in total. The average Bonchev–Trinajstić information content (AvgIpc) is 3.12. The number of piperidine rings is 1. The molecule has 1 fully saturated rings. The predicted octanol–water partition coefficient (Wildman–Crippen LogP) is 4.75. The van der Waals surface area contributed by atoms with Gasteiger partial charge in [0.25, 0.3) is 0 Å². The van der Waals surface area contributed by atoms with Crippen LogP contribution < -0.4 is 10.2 Å². The van der Waals surface area contributed by atoms with Crippen LogP contribution >= 0.6 is 11.3 Å². The first-order valence-electron chi connectivity index (χ1n) is 9.95. The van der Waals surface area contributed by atoms with Crippen molar-refractivity contribution in [2.24, 2.45) is 5.92 Å². The Labute approximate surface area is 170 Å². The van der Waals surface area contributed by atoms with E-state index in [-0.39, 0.29) is 11.8 Å². The number of carbonyl (C=O) groups is 1. The van der Waals surface area contributed by atoms with E-state index >= 15 is 0 Å². The molecule has 0 aliphatic carbocycles. The predicted molar refractivity (Wildman–Crippen MR) is 117 cm³/mol. The molecule has 2 heterocycles. The molecule has 1 saturated heterocycles. The highest BCUT2D eigenvalue weighted by Gasteiger charge is 2.27. The summed E-state index contributed by atoms with van der Waals surface area (Å²) in [6, 6.07) is 12.7. The Hall–Kier alpha value is -2.40. The van der Waals surface area contributed by atoms with Gasteiger partial charge in [-0.2, -0.15) is 0 Å². The third-order valence-electron chi connectivity index (χ3n) is 5.47. The minimum Gasteiger partial charge on any atom is -0.352 e. The lowest BCUT2D eigenvalue weighted by Crippen LogP contribution is -2.42. The molecule has 0 saturated carbocycles. The summed E-state index contributed by atoms with van der Waals surface area (Å²) >= 11 is 1.74. The topological polar surface area (TPSA) is 45.2 Å². The highest BCUT2D eigenvalue weighted by molar-refractivity contribution is 7.22. The molecular weight excluding hydrogens is 366 g/mol. The molecule has 1 atom stereocenters. The summed E-state index contributed by atoms with van der Waals surface area (Å²) in [6.07, 6.45) is 1.97. The molecule has 0 bridgehead atoms. The van der Waals surface area contributed by atoms with E-state index in [1.54, 1.807) is 11.3 Å². The van der Waals surface area contributed by atoms with Crippen LogP contribution in [-0.4, -0.2) is 24.0 Å². The van der Waals surface area contributed by atoms with Gasteiger partial charge >= 0.3 is 0 Å². The van der Waals surface area contributed by atoms with Crippen LogP contribution in [0.15, 0.2) is 36.4 Å². The molecule has 1 aromatic heterocycles. The van der Waals surface area contributed by atoms with E-state index in [0.717, 1.165) is 42.1 Å². The van der Waals surface area contributed by atoms with Crippen molar-refractivity contribution in [1.29, 1.82) is 0 Å². The van der Waals surface area contributed by atoms with Gasteiger partial charge in [-0.05, 0) is 56.4 Å². The summed E-state index contributed by atoms with van der Waals surface area (Å²) < 4.78 is 1.23. The van der Waals surface area contributed by atoms with E-state index < -0.39 is 0 Å². The van der Waals surface area contributed by atoms with Gasteiger partial charge in [-0.3, -0.25) is 4.79 Å². The molecular formula is C23H27N3OS.